The molecule has 0 N–H and O–H groups in total. The Balaban J connectivity index is 2.00. The average Bonchev–Trinajstić information content (AvgIpc) is 3.16. The van der Waals surface area contributed by atoms with E-state index in [1.54, 1.807) is 6.92 Å². The average molecular weight is 320 g/mol. The van der Waals surface area contributed by atoms with E-state index >= 15 is 0 Å². The summed E-state index contributed by atoms with van der Waals surface area (Å²) >= 11 is 0. The third-order valence-corrected chi connectivity index (χ3v) is 9.69. The summed E-state index contributed by atoms with van der Waals surface area (Å²) < 4.78 is 6.23. The van der Waals surface area contributed by atoms with Crippen LogP contribution in [0.25, 0.3) is 0 Å². The van der Waals surface area contributed by atoms with Gasteiger partial charge in [0.1, 0.15) is 5.78 Å². The molecule has 0 aromatic carbocycles. The SMILES string of the molecule is CC(=O)CC1(c2ccc(CO[Si](C)(C)C(C)(C)C)cn2)CC1. The number of pyridine rings is 1. The van der Waals surface area contributed by atoms with Crippen LogP contribution in [0.15, 0.2) is 18.3 Å². The maximum atomic E-state index is 11.4. The number of hydrogen-bond acceptors (Lipinski definition) is 3. The summed E-state index contributed by atoms with van der Waals surface area (Å²) in [6.07, 6.45) is 4.71. The summed E-state index contributed by atoms with van der Waals surface area (Å²) in [5.74, 6) is 0.254. The highest BCUT2D eigenvalue weighted by molar-refractivity contribution is 6.74. The third kappa shape index (κ3) is 3.85. The molecule has 1 aliphatic carbocycles. The zero-order valence-corrected chi connectivity index (χ0v) is 15.8. The number of hydrogen-bond donors (Lipinski definition) is 0. The first kappa shape index (κ1) is 17.4. The van der Waals surface area contributed by atoms with Crippen LogP contribution in [0.4, 0.5) is 0 Å². The quantitative estimate of drug-likeness (QED) is 0.719. The molecule has 0 spiro atoms. The highest BCUT2D eigenvalue weighted by Gasteiger charge is 2.46. The van der Waals surface area contributed by atoms with E-state index in [0.29, 0.717) is 13.0 Å². The fourth-order valence-electron chi connectivity index (χ4n) is 2.45. The van der Waals surface area contributed by atoms with Crippen LogP contribution in [0.2, 0.25) is 18.1 Å². The fourth-order valence-corrected chi connectivity index (χ4v) is 3.42. The minimum absolute atomic E-state index is 0.0324. The maximum absolute atomic E-state index is 11.4. The van der Waals surface area contributed by atoms with Gasteiger partial charge in [0, 0.05) is 23.7 Å². The first-order valence-electron chi connectivity index (χ1n) is 8.15. The molecular formula is C18H29NO2Si. The molecule has 0 unspecified atom stereocenters. The van der Waals surface area contributed by atoms with Crippen LogP contribution in [0.3, 0.4) is 0 Å². The second-order valence-corrected chi connectivity index (χ2v) is 13.1. The zero-order valence-electron chi connectivity index (χ0n) is 14.8. The summed E-state index contributed by atoms with van der Waals surface area (Å²) in [4.78, 5) is 16.0. The van der Waals surface area contributed by atoms with Crippen molar-refractivity contribution < 1.29 is 9.22 Å². The fraction of sp³-hybridized carbons (Fsp3) is 0.667. The topological polar surface area (TPSA) is 39.2 Å². The highest BCUT2D eigenvalue weighted by atomic mass is 28.4. The number of rotatable bonds is 6. The van der Waals surface area contributed by atoms with Crippen molar-refractivity contribution >= 4 is 14.1 Å². The molecule has 3 nitrogen and oxygen atoms in total. The van der Waals surface area contributed by atoms with Crippen molar-refractivity contribution in [2.45, 2.75) is 77.1 Å². The highest BCUT2D eigenvalue weighted by Crippen LogP contribution is 2.50. The molecule has 2 rings (SSSR count). The number of carbonyl (C=O) groups excluding carboxylic acids is 1. The molecule has 1 aromatic rings. The van der Waals surface area contributed by atoms with Crippen LogP contribution >= 0.6 is 0 Å². The van der Waals surface area contributed by atoms with Crippen LogP contribution in [-0.2, 0) is 21.2 Å². The van der Waals surface area contributed by atoms with Gasteiger partial charge in [0.25, 0.3) is 0 Å². The van der Waals surface area contributed by atoms with Crippen molar-refractivity contribution in [3.05, 3.63) is 29.6 Å². The van der Waals surface area contributed by atoms with E-state index in [4.69, 9.17) is 4.43 Å². The lowest BCUT2D eigenvalue weighted by atomic mass is 9.95. The monoisotopic (exact) mass is 319 g/mol. The smallest absolute Gasteiger partial charge is 0.192 e. The summed E-state index contributed by atoms with van der Waals surface area (Å²) in [7, 11) is -1.72. The number of nitrogens with zero attached hydrogens (tertiary/aromatic N) is 1. The Labute approximate surface area is 135 Å². The Morgan fingerprint density at radius 2 is 1.95 bits per heavy atom. The van der Waals surface area contributed by atoms with Crippen LogP contribution in [0, 0.1) is 0 Å². The standard InChI is InChI=1S/C18H29NO2Si/c1-14(20)11-18(9-10-18)16-8-7-15(12-19-16)13-21-22(5,6)17(2,3)4/h7-8,12H,9-11,13H2,1-6H3. The summed E-state index contributed by atoms with van der Waals surface area (Å²) in [6, 6.07) is 4.19. The molecule has 1 heterocycles. The van der Waals surface area contributed by atoms with Gasteiger partial charge in [-0.25, -0.2) is 0 Å². The first-order valence-corrected chi connectivity index (χ1v) is 11.1. The molecule has 1 saturated carbocycles. The van der Waals surface area contributed by atoms with Gasteiger partial charge in [0.05, 0.1) is 6.61 Å². The van der Waals surface area contributed by atoms with Crippen LogP contribution in [0.1, 0.15) is 58.2 Å². The number of Topliss-reactive ketones (excluding diaryl/α,β-unsaturated/α-hetero) is 1. The van der Waals surface area contributed by atoms with Gasteiger partial charge in [-0.05, 0) is 49.5 Å². The van der Waals surface area contributed by atoms with E-state index in [0.717, 1.165) is 24.1 Å². The van der Waals surface area contributed by atoms with Crippen molar-refractivity contribution in [2.75, 3.05) is 0 Å². The van der Waals surface area contributed by atoms with Gasteiger partial charge >= 0.3 is 0 Å². The lowest BCUT2D eigenvalue weighted by molar-refractivity contribution is -0.117. The molecule has 0 bridgehead atoms. The molecule has 0 amide bonds. The van der Waals surface area contributed by atoms with Crippen LogP contribution in [0.5, 0.6) is 0 Å². The van der Waals surface area contributed by atoms with Crippen LogP contribution in [-0.4, -0.2) is 19.1 Å². The third-order valence-electron chi connectivity index (χ3n) is 5.21. The van der Waals surface area contributed by atoms with Crippen molar-refractivity contribution in [1.29, 1.82) is 0 Å². The number of carbonyl (C=O) groups is 1. The predicted molar refractivity (Wildman–Crippen MR) is 92.4 cm³/mol. The van der Waals surface area contributed by atoms with Crippen LogP contribution < -0.4 is 0 Å². The minimum Gasteiger partial charge on any atom is -0.413 e. The van der Waals surface area contributed by atoms with Gasteiger partial charge in [-0.15, -0.1) is 0 Å². The minimum atomic E-state index is -1.72. The van der Waals surface area contributed by atoms with Gasteiger partial charge in [-0.3, -0.25) is 9.78 Å². The normalized spacial score (nSPS) is 17.4. The van der Waals surface area contributed by atoms with E-state index < -0.39 is 8.32 Å². The lowest BCUT2D eigenvalue weighted by Crippen LogP contribution is -2.40. The molecule has 0 atom stereocenters. The van der Waals surface area contributed by atoms with Crippen molar-refractivity contribution in [1.82, 2.24) is 4.98 Å². The van der Waals surface area contributed by atoms with E-state index in [9.17, 15) is 4.79 Å². The molecule has 4 heteroatoms. The molecule has 0 radical (unpaired) electrons. The van der Waals surface area contributed by atoms with Gasteiger partial charge in [-0.1, -0.05) is 26.8 Å². The Hall–Kier alpha value is -1.00. The second kappa shape index (κ2) is 5.89. The van der Waals surface area contributed by atoms with E-state index in [1.165, 1.54) is 0 Å². The van der Waals surface area contributed by atoms with Gasteiger partial charge in [0.2, 0.25) is 0 Å². The summed E-state index contributed by atoms with van der Waals surface area (Å²) in [5, 5.41) is 0.222. The summed E-state index contributed by atoms with van der Waals surface area (Å²) in [5.41, 5.74) is 2.22. The number of aromatic nitrogens is 1. The molecule has 1 fully saturated rings. The molecule has 22 heavy (non-hydrogen) atoms. The van der Waals surface area contributed by atoms with E-state index in [-0.39, 0.29) is 16.2 Å². The maximum Gasteiger partial charge on any atom is 0.192 e. The molecule has 0 saturated heterocycles. The van der Waals surface area contributed by atoms with E-state index in [2.05, 4.69) is 51.0 Å². The number of ketones is 1. The lowest BCUT2D eigenvalue weighted by Gasteiger charge is -2.36. The molecule has 0 aliphatic heterocycles. The second-order valence-electron chi connectivity index (χ2n) is 8.26. The van der Waals surface area contributed by atoms with Crippen molar-refractivity contribution in [3.63, 3.8) is 0 Å². The van der Waals surface area contributed by atoms with Crippen molar-refractivity contribution in [2.24, 2.45) is 0 Å². The van der Waals surface area contributed by atoms with Gasteiger partial charge in [-0.2, -0.15) is 0 Å². The Morgan fingerprint density at radius 3 is 2.36 bits per heavy atom. The van der Waals surface area contributed by atoms with Gasteiger partial charge in [0.15, 0.2) is 8.32 Å². The van der Waals surface area contributed by atoms with Gasteiger partial charge < -0.3 is 4.43 Å². The molecule has 1 aliphatic rings. The summed E-state index contributed by atoms with van der Waals surface area (Å²) in [6.45, 7) is 13.6. The Bertz CT molecular complexity index is 539. The Morgan fingerprint density at radius 1 is 1.32 bits per heavy atom. The largest absolute Gasteiger partial charge is 0.413 e. The zero-order chi connectivity index (χ0) is 16.6. The van der Waals surface area contributed by atoms with Crippen molar-refractivity contribution in [3.8, 4) is 0 Å². The predicted octanol–water partition coefficient (Wildman–Crippen LogP) is 4.61. The molecule has 122 valence electrons. The Kier molecular flexibility index (Phi) is 4.65. The van der Waals surface area contributed by atoms with E-state index in [1.807, 2.05) is 6.20 Å². The molecule has 1 aromatic heterocycles. The molecular weight excluding hydrogens is 290 g/mol. The first-order chi connectivity index (χ1) is 10.1.